The number of ether oxygens (including phenoxy) is 2. The Kier molecular flexibility index (Phi) is 5.06. The Labute approximate surface area is 147 Å². The van der Waals surface area contributed by atoms with Crippen molar-refractivity contribution in [1.82, 2.24) is 4.98 Å². The van der Waals surface area contributed by atoms with Crippen LogP contribution >= 0.6 is 0 Å². The minimum atomic E-state index is -1.51. The molecule has 1 heterocycles. The van der Waals surface area contributed by atoms with Gasteiger partial charge in [-0.2, -0.15) is 0 Å². The number of fused-ring (bicyclic) bond motifs is 1. The Bertz CT molecular complexity index is 952. The van der Waals surface area contributed by atoms with E-state index >= 15 is 0 Å². The van der Waals surface area contributed by atoms with Crippen LogP contribution in [0.2, 0.25) is 0 Å². The lowest BCUT2D eigenvalue weighted by atomic mass is 10.1. The largest absolute Gasteiger partial charge is 0.489 e. The van der Waals surface area contributed by atoms with Crippen molar-refractivity contribution in [2.75, 3.05) is 6.61 Å². The Balaban J connectivity index is 1.77. The van der Waals surface area contributed by atoms with Crippen LogP contribution in [-0.4, -0.2) is 17.6 Å². The van der Waals surface area contributed by atoms with Crippen LogP contribution in [0, 0.1) is 17.5 Å². The molecule has 0 unspecified atom stereocenters. The summed E-state index contributed by atoms with van der Waals surface area (Å²) >= 11 is 0. The van der Waals surface area contributed by atoms with Gasteiger partial charge in [0.1, 0.15) is 12.4 Å². The molecule has 0 aliphatic carbocycles. The van der Waals surface area contributed by atoms with Crippen LogP contribution in [0.25, 0.3) is 10.9 Å². The van der Waals surface area contributed by atoms with E-state index in [2.05, 4.69) is 4.98 Å². The van der Waals surface area contributed by atoms with Gasteiger partial charge in [0.2, 0.25) is 0 Å². The fourth-order valence-electron chi connectivity index (χ4n) is 2.38. The average molecular weight is 361 g/mol. The van der Waals surface area contributed by atoms with Gasteiger partial charge in [0.05, 0.1) is 17.7 Å². The van der Waals surface area contributed by atoms with Gasteiger partial charge in [-0.3, -0.25) is 4.98 Å². The van der Waals surface area contributed by atoms with Crippen molar-refractivity contribution in [2.45, 2.75) is 13.5 Å². The molecule has 0 saturated carbocycles. The van der Waals surface area contributed by atoms with Crippen molar-refractivity contribution in [1.29, 1.82) is 0 Å². The van der Waals surface area contributed by atoms with Gasteiger partial charge >= 0.3 is 5.97 Å². The van der Waals surface area contributed by atoms with Crippen LogP contribution in [0.5, 0.6) is 5.75 Å². The predicted octanol–water partition coefficient (Wildman–Crippen LogP) is 4.41. The smallest absolute Gasteiger partial charge is 0.339 e. The first-order chi connectivity index (χ1) is 12.5. The van der Waals surface area contributed by atoms with Crippen molar-refractivity contribution < 1.29 is 27.4 Å². The molecule has 2 aromatic carbocycles. The summed E-state index contributed by atoms with van der Waals surface area (Å²) in [6.07, 6.45) is 1.40. The maximum Gasteiger partial charge on any atom is 0.339 e. The molecule has 0 aliphatic heterocycles. The van der Waals surface area contributed by atoms with E-state index in [1.165, 1.54) is 6.20 Å². The molecule has 7 heteroatoms. The molecule has 26 heavy (non-hydrogen) atoms. The molecular formula is C19H14F3NO3. The number of pyridine rings is 1. The van der Waals surface area contributed by atoms with E-state index in [1.807, 2.05) is 0 Å². The first-order valence-corrected chi connectivity index (χ1v) is 7.81. The highest BCUT2D eigenvalue weighted by molar-refractivity contribution is 5.93. The molecule has 0 atom stereocenters. The van der Waals surface area contributed by atoms with Crippen LogP contribution in [0.4, 0.5) is 13.2 Å². The number of carbonyl (C=O) groups is 1. The van der Waals surface area contributed by atoms with Crippen molar-refractivity contribution in [2.24, 2.45) is 0 Å². The minimum absolute atomic E-state index is 0.138. The molecule has 3 rings (SSSR count). The summed E-state index contributed by atoms with van der Waals surface area (Å²) in [5, 5.41) is 0.710. The number of aromatic nitrogens is 1. The molecule has 0 bridgehead atoms. The van der Waals surface area contributed by atoms with E-state index in [9.17, 15) is 18.0 Å². The number of halogens is 3. The lowest BCUT2D eigenvalue weighted by Gasteiger charge is -2.09. The lowest BCUT2D eigenvalue weighted by molar-refractivity contribution is 0.0526. The number of carbonyl (C=O) groups excluding carboxylic acids is 1. The van der Waals surface area contributed by atoms with Crippen LogP contribution in [-0.2, 0) is 11.3 Å². The molecule has 134 valence electrons. The predicted molar refractivity (Wildman–Crippen MR) is 88.3 cm³/mol. The molecule has 0 N–H and O–H groups in total. The summed E-state index contributed by atoms with van der Waals surface area (Å²) in [5.41, 5.74) is 1.07. The van der Waals surface area contributed by atoms with E-state index in [0.717, 1.165) is 12.1 Å². The van der Waals surface area contributed by atoms with Gasteiger partial charge in [0.15, 0.2) is 17.5 Å². The average Bonchev–Trinajstić information content (AvgIpc) is 2.64. The van der Waals surface area contributed by atoms with Gasteiger partial charge in [-0.15, -0.1) is 0 Å². The Morgan fingerprint density at radius 1 is 1.08 bits per heavy atom. The first kappa shape index (κ1) is 17.7. The van der Waals surface area contributed by atoms with E-state index < -0.39 is 23.4 Å². The molecule has 0 fully saturated rings. The van der Waals surface area contributed by atoms with Gasteiger partial charge in [0, 0.05) is 17.6 Å². The molecule has 1 aromatic heterocycles. The zero-order valence-corrected chi connectivity index (χ0v) is 13.8. The van der Waals surface area contributed by atoms with Crippen LogP contribution in [0.1, 0.15) is 22.8 Å². The third kappa shape index (κ3) is 3.77. The molecule has 4 nitrogen and oxygen atoms in total. The highest BCUT2D eigenvalue weighted by Crippen LogP contribution is 2.22. The van der Waals surface area contributed by atoms with Crippen LogP contribution in [0.3, 0.4) is 0 Å². The monoisotopic (exact) mass is 361 g/mol. The lowest BCUT2D eigenvalue weighted by Crippen LogP contribution is -2.05. The summed E-state index contributed by atoms with van der Waals surface area (Å²) in [6, 6.07) is 8.36. The van der Waals surface area contributed by atoms with Gasteiger partial charge in [-0.25, -0.2) is 18.0 Å². The molecule has 0 aliphatic rings. The van der Waals surface area contributed by atoms with Gasteiger partial charge in [0.25, 0.3) is 0 Å². The van der Waals surface area contributed by atoms with Crippen molar-refractivity contribution in [3.63, 3.8) is 0 Å². The van der Waals surface area contributed by atoms with E-state index in [4.69, 9.17) is 9.47 Å². The number of esters is 1. The highest BCUT2D eigenvalue weighted by atomic mass is 19.2. The second-order valence-corrected chi connectivity index (χ2v) is 5.46. The molecule has 0 radical (unpaired) electrons. The summed E-state index contributed by atoms with van der Waals surface area (Å²) in [6.45, 7) is 1.85. The third-order valence-corrected chi connectivity index (χ3v) is 3.62. The number of hydrogen-bond donors (Lipinski definition) is 0. The number of nitrogens with zero attached hydrogens (tertiary/aromatic N) is 1. The topological polar surface area (TPSA) is 48.4 Å². The molecular weight excluding hydrogens is 347 g/mol. The summed E-state index contributed by atoms with van der Waals surface area (Å²) < 4.78 is 49.8. The number of benzene rings is 2. The maximum absolute atomic E-state index is 13.2. The molecule has 0 saturated heterocycles. The molecule has 0 spiro atoms. The standard InChI is InChI=1S/C19H14F3NO3/c1-2-25-19(24)13-7-12-3-4-14(8-17(12)23-9-13)26-10-11-5-15(20)18(22)16(21)6-11/h3-9H,2,10H2,1H3. The Morgan fingerprint density at radius 2 is 1.81 bits per heavy atom. The van der Waals surface area contributed by atoms with Gasteiger partial charge in [-0.05, 0) is 42.8 Å². The minimum Gasteiger partial charge on any atom is -0.489 e. The maximum atomic E-state index is 13.2. The second-order valence-electron chi connectivity index (χ2n) is 5.46. The third-order valence-electron chi connectivity index (χ3n) is 3.62. The highest BCUT2D eigenvalue weighted by Gasteiger charge is 2.11. The molecule has 0 amide bonds. The number of hydrogen-bond acceptors (Lipinski definition) is 4. The fourth-order valence-corrected chi connectivity index (χ4v) is 2.38. The van der Waals surface area contributed by atoms with Crippen LogP contribution in [0.15, 0.2) is 42.6 Å². The number of rotatable bonds is 5. The summed E-state index contributed by atoms with van der Waals surface area (Å²) in [4.78, 5) is 15.9. The zero-order chi connectivity index (χ0) is 18.7. The summed E-state index contributed by atoms with van der Waals surface area (Å²) in [7, 11) is 0. The SMILES string of the molecule is CCOC(=O)c1cnc2cc(OCc3cc(F)c(F)c(F)c3)ccc2c1. The van der Waals surface area contributed by atoms with Gasteiger partial charge < -0.3 is 9.47 Å². The normalized spacial score (nSPS) is 10.8. The zero-order valence-electron chi connectivity index (χ0n) is 13.8. The fraction of sp³-hybridized carbons (Fsp3) is 0.158. The van der Waals surface area contributed by atoms with Crippen molar-refractivity contribution in [3.8, 4) is 5.75 Å². The second kappa shape index (κ2) is 7.43. The van der Waals surface area contributed by atoms with Gasteiger partial charge in [-0.1, -0.05) is 0 Å². The van der Waals surface area contributed by atoms with E-state index in [1.54, 1.807) is 31.2 Å². The molecule has 3 aromatic rings. The first-order valence-electron chi connectivity index (χ1n) is 7.81. The Hall–Kier alpha value is -3.09. The summed E-state index contributed by atoms with van der Waals surface area (Å²) in [5.74, 6) is -4.09. The Morgan fingerprint density at radius 3 is 2.50 bits per heavy atom. The van der Waals surface area contributed by atoms with Crippen molar-refractivity contribution >= 4 is 16.9 Å². The quantitative estimate of drug-likeness (QED) is 0.499. The van der Waals surface area contributed by atoms with Crippen molar-refractivity contribution in [3.05, 3.63) is 71.2 Å². The van der Waals surface area contributed by atoms with Crippen LogP contribution < -0.4 is 4.74 Å². The van der Waals surface area contributed by atoms with E-state index in [-0.39, 0.29) is 18.8 Å². The van der Waals surface area contributed by atoms with E-state index in [0.29, 0.717) is 22.2 Å².